The number of benzene rings is 8. The van der Waals surface area contributed by atoms with Gasteiger partial charge in [0.15, 0.2) is 11.3 Å². The zero-order valence-corrected chi connectivity index (χ0v) is 42.7. The van der Waals surface area contributed by atoms with E-state index in [-0.39, 0.29) is 23.7 Å². The maximum atomic E-state index is 6.08. The minimum absolute atomic E-state index is 0.213. The first-order chi connectivity index (χ1) is 35.6. The van der Waals surface area contributed by atoms with E-state index in [1.54, 1.807) is 0 Å². The van der Waals surface area contributed by atoms with Crippen molar-refractivity contribution in [3.8, 4) is 22.7 Å². The highest BCUT2D eigenvalue weighted by Gasteiger charge is 2.28. The molecule has 0 N–H and O–H groups in total. The monoisotopic (exact) mass is 950 g/mol. The third kappa shape index (κ3) is 6.76. The molecule has 8 nitrogen and oxygen atoms in total. The molecule has 0 saturated carbocycles. The minimum atomic E-state index is 0.213. The molecule has 0 saturated heterocycles. The summed E-state index contributed by atoms with van der Waals surface area (Å²) in [6.45, 7) is 18.3. The van der Waals surface area contributed by atoms with Crippen molar-refractivity contribution in [1.29, 1.82) is 0 Å². The van der Waals surface area contributed by atoms with Crippen LogP contribution < -0.4 is 5.62 Å². The zero-order chi connectivity index (χ0) is 49.8. The van der Waals surface area contributed by atoms with E-state index in [0.717, 1.165) is 61.5 Å². The van der Waals surface area contributed by atoms with Gasteiger partial charge in [0.2, 0.25) is 5.62 Å². The fourth-order valence-electron chi connectivity index (χ4n) is 11.8. The average molecular weight is 951 g/mol. The van der Waals surface area contributed by atoms with Gasteiger partial charge in [-0.25, -0.2) is 14.6 Å². The maximum absolute atomic E-state index is 6.08. The standard InChI is InChI=1S/C65H58N8/c1-39(2)45-23-17-24-46(40(3)4)61(45)71-63-64(67-36-35-66-63)72(62-47(41(5)6)25-18-26-48(62)42(7)8)65(71)68-73-59-33-31-43(69-55-27-13-9-19-49(55)50-20-10-14-28-56(50)69)37-53(59)54-38-44(32-34-60(54)73)70-57-29-15-11-21-51(57)52-22-12-16-30-58(52)70/h9-42H,1-8H3. The van der Waals surface area contributed by atoms with Crippen LogP contribution in [-0.4, -0.2) is 32.9 Å². The molecule has 0 atom stereocenters. The third-order valence-corrected chi connectivity index (χ3v) is 15.2. The van der Waals surface area contributed by atoms with Gasteiger partial charge in [-0.1, -0.05) is 165 Å². The molecule has 0 bridgehead atoms. The zero-order valence-electron chi connectivity index (χ0n) is 42.7. The lowest BCUT2D eigenvalue weighted by atomic mass is 9.92. The van der Waals surface area contributed by atoms with Gasteiger partial charge in [0.05, 0.1) is 44.5 Å². The Morgan fingerprint density at radius 1 is 0.329 bits per heavy atom. The van der Waals surface area contributed by atoms with Crippen LogP contribution in [0.2, 0.25) is 0 Å². The molecule has 13 aromatic rings. The first-order valence-corrected chi connectivity index (χ1v) is 25.9. The second-order valence-electron chi connectivity index (χ2n) is 20.9. The van der Waals surface area contributed by atoms with Crippen molar-refractivity contribution in [2.75, 3.05) is 0 Å². The summed E-state index contributed by atoms with van der Waals surface area (Å²) < 4.78 is 11.7. The topological polar surface area (TPSA) is 62.8 Å². The van der Waals surface area contributed by atoms with Gasteiger partial charge < -0.3 is 9.13 Å². The predicted octanol–water partition coefficient (Wildman–Crippen LogP) is 16.4. The summed E-state index contributed by atoms with van der Waals surface area (Å²) in [4.78, 5) is 10.5. The van der Waals surface area contributed by atoms with E-state index in [9.17, 15) is 0 Å². The number of aromatic nitrogens is 7. The lowest BCUT2D eigenvalue weighted by Gasteiger charge is -2.22. The minimum Gasteiger partial charge on any atom is -0.309 e. The summed E-state index contributed by atoms with van der Waals surface area (Å²) in [5, 5.41) is 13.2. The molecule has 5 heterocycles. The number of hydrogen-bond donors (Lipinski definition) is 0. The molecule has 13 rings (SSSR count). The van der Waals surface area contributed by atoms with Crippen molar-refractivity contribution < 1.29 is 0 Å². The summed E-state index contributed by atoms with van der Waals surface area (Å²) in [7, 11) is 0. The van der Waals surface area contributed by atoms with Crippen LogP contribution in [0.25, 0.3) is 99.5 Å². The molecule has 0 aliphatic heterocycles. The van der Waals surface area contributed by atoms with Gasteiger partial charge in [-0.2, -0.15) is 0 Å². The highest BCUT2D eigenvalue weighted by molar-refractivity contribution is 6.13. The Labute approximate surface area is 424 Å². The molecular formula is C65H58N8. The fraction of sp³-hybridized carbons (Fsp3) is 0.185. The fourth-order valence-corrected chi connectivity index (χ4v) is 11.8. The molecule has 5 aromatic heterocycles. The van der Waals surface area contributed by atoms with Gasteiger partial charge in [-0.15, -0.1) is 5.10 Å². The number of imidazole rings is 1. The molecule has 73 heavy (non-hydrogen) atoms. The Bertz CT molecular complexity index is 3980. The molecule has 0 radical (unpaired) electrons. The van der Waals surface area contributed by atoms with Crippen molar-refractivity contribution in [2.45, 2.75) is 79.1 Å². The van der Waals surface area contributed by atoms with E-state index in [0.29, 0.717) is 0 Å². The van der Waals surface area contributed by atoms with Gasteiger partial charge in [0, 0.05) is 56.1 Å². The largest absolute Gasteiger partial charge is 0.309 e. The first kappa shape index (κ1) is 44.5. The van der Waals surface area contributed by atoms with Crippen LogP contribution in [-0.2, 0) is 0 Å². The second-order valence-corrected chi connectivity index (χ2v) is 20.9. The van der Waals surface area contributed by atoms with Gasteiger partial charge in [-0.05, 0) is 107 Å². The highest BCUT2D eigenvalue weighted by Crippen LogP contribution is 2.40. The number of nitrogens with zero attached hydrogens (tertiary/aromatic N) is 8. The van der Waals surface area contributed by atoms with Crippen LogP contribution in [0, 0.1) is 0 Å². The second kappa shape index (κ2) is 17.1. The van der Waals surface area contributed by atoms with Gasteiger partial charge in [0.1, 0.15) is 0 Å². The maximum Gasteiger partial charge on any atom is 0.240 e. The smallest absolute Gasteiger partial charge is 0.240 e. The average Bonchev–Trinajstić information content (AvgIpc) is 4.12. The SMILES string of the molecule is CC(C)c1cccc(C(C)C)c1-n1c(=Nn2c3ccc(-n4c5ccccc5c5ccccc54)cc3c3cc(-n4c5ccccc5c5ccccc54)ccc32)n(-c2c(C(C)C)cccc2C(C)C)c2nccnc21. The summed E-state index contributed by atoms with van der Waals surface area (Å²) >= 11 is 0. The molecule has 0 unspecified atom stereocenters. The lowest BCUT2D eigenvalue weighted by molar-refractivity contribution is 0.736. The number of para-hydroxylation sites is 6. The number of fused-ring (bicyclic) bond motifs is 10. The van der Waals surface area contributed by atoms with E-state index in [4.69, 9.17) is 15.1 Å². The quantitative estimate of drug-likeness (QED) is 0.145. The van der Waals surface area contributed by atoms with E-state index in [1.165, 1.54) is 65.9 Å². The highest BCUT2D eigenvalue weighted by atomic mass is 15.4. The Morgan fingerprint density at radius 2 is 0.658 bits per heavy atom. The summed E-state index contributed by atoms with van der Waals surface area (Å²) in [5.41, 5.74) is 18.2. The Balaban J connectivity index is 1.21. The molecule has 8 heteroatoms. The van der Waals surface area contributed by atoms with E-state index >= 15 is 0 Å². The molecule has 8 aromatic carbocycles. The van der Waals surface area contributed by atoms with Crippen molar-refractivity contribution in [2.24, 2.45) is 5.10 Å². The Morgan fingerprint density at radius 3 is 0.986 bits per heavy atom. The summed E-state index contributed by atoms with van der Waals surface area (Å²) in [6.07, 6.45) is 3.65. The van der Waals surface area contributed by atoms with Crippen LogP contribution in [0.15, 0.2) is 187 Å². The molecular weight excluding hydrogens is 893 g/mol. The first-order valence-electron chi connectivity index (χ1n) is 25.9. The van der Waals surface area contributed by atoms with Crippen LogP contribution >= 0.6 is 0 Å². The third-order valence-electron chi connectivity index (χ3n) is 15.2. The van der Waals surface area contributed by atoms with Crippen molar-refractivity contribution in [1.82, 2.24) is 32.9 Å². The molecule has 0 fully saturated rings. The Hall–Kier alpha value is -8.49. The van der Waals surface area contributed by atoms with Gasteiger partial charge >= 0.3 is 0 Å². The normalized spacial score (nSPS) is 12.3. The predicted molar refractivity (Wildman–Crippen MR) is 304 cm³/mol. The molecule has 358 valence electrons. The molecule has 0 aliphatic carbocycles. The van der Waals surface area contributed by atoms with Gasteiger partial charge in [-0.3, -0.25) is 9.13 Å². The Kier molecular flexibility index (Phi) is 10.4. The summed E-state index contributed by atoms with van der Waals surface area (Å²) in [6, 6.07) is 62.3. The molecule has 0 aliphatic rings. The molecule has 0 spiro atoms. The lowest BCUT2D eigenvalue weighted by Crippen LogP contribution is -2.29. The van der Waals surface area contributed by atoms with Crippen molar-refractivity contribution in [3.05, 3.63) is 210 Å². The van der Waals surface area contributed by atoms with Crippen LogP contribution in [0.4, 0.5) is 0 Å². The van der Waals surface area contributed by atoms with E-state index in [2.05, 4.69) is 248 Å². The molecule has 0 amide bonds. The van der Waals surface area contributed by atoms with E-state index in [1.807, 2.05) is 12.4 Å². The number of rotatable bonds is 9. The number of hydrogen-bond acceptors (Lipinski definition) is 3. The van der Waals surface area contributed by atoms with E-state index < -0.39 is 0 Å². The van der Waals surface area contributed by atoms with Gasteiger partial charge in [0.25, 0.3) is 0 Å². The van der Waals surface area contributed by atoms with Crippen LogP contribution in [0.1, 0.15) is 101 Å². The van der Waals surface area contributed by atoms with Crippen LogP contribution in [0.5, 0.6) is 0 Å². The van der Waals surface area contributed by atoms with Crippen molar-refractivity contribution >= 4 is 76.7 Å². The summed E-state index contributed by atoms with van der Waals surface area (Å²) in [5.74, 6) is 0.852. The van der Waals surface area contributed by atoms with Crippen molar-refractivity contribution in [3.63, 3.8) is 0 Å². The van der Waals surface area contributed by atoms with Crippen LogP contribution in [0.3, 0.4) is 0 Å².